The molecule has 1 heterocycles. The minimum atomic E-state index is -4.42. The summed E-state index contributed by atoms with van der Waals surface area (Å²) in [6.45, 7) is 2.56. The number of halogens is 3. The lowest BCUT2D eigenvalue weighted by Gasteiger charge is -2.14. The lowest BCUT2D eigenvalue weighted by atomic mass is 10.1. The molecule has 1 atom stereocenters. The third-order valence-electron chi connectivity index (χ3n) is 5.17. The van der Waals surface area contributed by atoms with Crippen LogP contribution in [0.3, 0.4) is 0 Å². The number of para-hydroxylation sites is 1. The van der Waals surface area contributed by atoms with E-state index >= 15 is 0 Å². The summed E-state index contributed by atoms with van der Waals surface area (Å²) in [6, 6.07) is 21.3. The highest BCUT2D eigenvalue weighted by atomic mass is 19.4. The van der Waals surface area contributed by atoms with E-state index in [-0.39, 0.29) is 19.2 Å². The van der Waals surface area contributed by atoms with E-state index in [9.17, 15) is 18.3 Å². The molecule has 0 unspecified atom stereocenters. The number of ether oxygens (including phenoxy) is 2. The van der Waals surface area contributed by atoms with Crippen molar-refractivity contribution in [3.8, 4) is 28.8 Å². The van der Waals surface area contributed by atoms with Crippen LogP contribution in [-0.2, 0) is 6.18 Å². The van der Waals surface area contributed by atoms with E-state index in [0.717, 1.165) is 17.8 Å². The van der Waals surface area contributed by atoms with Crippen molar-refractivity contribution in [2.45, 2.75) is 19.2 Å². The van der Waals surface area contributed by atoms with Crippen molar-refractivity contribution in [1.29, 1.82) is 0 Å². The monoisotopic (exact) mass is 498 g/mol. The van der Waals surface area contributed by atoms with E-state index in [2.05, 4.69) is 15.4 Å². The molecular formula is C26H25F3N4O3. The van der Waals surface area contributed by atoms with Crippen LogP contribution in [0.4, 0.5) is 18.9 Å². The number of aliphatic hydroxyl groups is 1. The summed E-state index contributed by atoms with van der Waals surface area (Å²) in [6.07, 6.45) is -5.15. The predicted molar refractivity (Wildman–Crippen MR) is 129 cm³/mol. The smallest absolute Gasteiger partial charge is 0.416 e. The standard InChI is InChI=1S/C26H25F3N4O3/c1-2-35-25-31-24(18-8-10-19(11-9-18)26(27,28)29)33(32-25)21-14-12-20(13-15-21)30-16-22(34)17-36-23-6-4-3-5-7-23/h3-15,22,30,34H,2,16-17H2,1H3/t22-/m0/s1. The number of benzene rings is 3. The highest BCUT2D eigenvalue weighted by Crippen LogP contribution is 2.31. The Morgan fingerprint density at radius 1 is 0.944 bits per heavy atom. The molecule has 2 N–H and O–H groups in total. The van der Waals surface area contributed by atoms with E-state index in [0.29, 0.717) is 29.4 Å². The van der Waals surface area contributed by atoms with Gasteiger partial charge >= 0.3 is 12.2 Å². The van der Waals surface area contributed by atoms with E-state index in [1.54, 1.807) is 31.2 Å². The molecule has 0 aliphatic carbocycles. The highest BCUT2D eigenvalue weighted by Gasteiger charge is 2.30. The van der Waals surface area contributed by atoms with Crippen LogP contribution in [0.2, 0.25) is 0 Å². The molecule has 0 aliphatic heterocycles. The molecule has 4 aromatic rings. The van der Waals surface area contributed by atoms with Crippen LogP contribution in [0.5, 0.6) is 11.8 Å². The van der Waals surface area contributed by atoms with E-state index in [1.807, 2.05) is 30.3 Å². The fourth-order valence-electron chi connectivity index (χ4n) is 3.38. The number of aromatic nitrogens is 3. The maximum atomic E-state index is 13.0. The van der Waals surface area contributed by atoms with Crippen LogP contribution in [0.25, 0.3) is 17.1 Å². The quantitative estimate of drug-likeness (QED) is 0.313. The van der Waals surface area contributed by atoms with Gasteiger partial charge in [0.1, 0.15) is 18.5 Å². The number of hydrogen-bond acceptors (Lipinski definition) is 6. The van der Waals surface area contributed by atoms with Crippen LogP contribution < -0.4 is 14.8 Å². The van der Waals surface area contributed by atoms with Crippen LogP contribution in [-0.4, -0.2) is 45.7 Å². The fraction of sp³-hybridized carbons (Fsp3) is 0.231. The van der Waals surface area contributed by atoms with Crippen LogP contribution >= 0.6 is 0 Å². The number of hydrogen-bond donors (Lipinski definition) is 2. The molecule has 188 valence electrons. The van der Waals surface area contributed by atoms with Crippen molar-refractivity contribution in [1.82, 2.24) is 14.8 Å². The molecule has 36 heavy (non-hydrogen) atoms. The van der Waals surface area contributed by atoms with Gasteiger partial charge in [-0.1, -0.05) is 30.3 Å². The number of rotatable bonds is 10. The van der Waals surface area contributed by atoms with Gasteiger partial charge in [-0.15, -0.1) is 5.10 Å². The molecule has 0 spiro atoms. The Bertz CT molecular complexity index is 1240. The van der Waals surface area contributed by atoms with Crippen molar-refractivity contribution in [2.75, 3.05) is 25.1 Å². The van der Waals surface area contributed by atoms with Gasteiger partial charge in [-0.3, -0.25) is 0 Å². The Morgan fingerprint density at radius 3 is 2.28 bits per heavy atom. The maximum Gasteiger partial charge on any atom is 0.416 e. The molecule has 0 aliphatic rings. The average molecular weight is 499 g/mol. The SMILES string of the molecule is CCOc1nc(-c2ccc(C(F)(F)F)cc2)n(-c2ccc(NC[C@H](O)COc3ccccc3)cc2)n1. The summed E-state index contributed by atoms with van der Waals surface area (Å²) >= 11 is 0. The number of nitrogens with zero attached hydrogens (tertiary/aromatic N) is 3. The van der Waals surface area contributed by atoms with Crippen LogP contribution in [0, 0.1) is 0 Å². The van der Waals surface area contributed by atoms with Gasteiger partial charge < -0.3 is 19.9 Å². The fourth-order valence-corrected chi connectivity index (χ4v) is 3.38. The van der Waals surface area contributed by atoms with Crippen molar-refractivity contribution in [3.05, 3.63) is 84.4 Å². The Kier molecular flexibility index (Phi) is 7.74. The largest absolute Gasteiger partial charge is 0.491 e. The molecule has 4 rings (SSSR count). The zero-order valence-corrected chi connectivity index (χ0v) is 19.4. The minimum Gasteiger partial charge on any atom is -0.491 e. The van der Waals surface area contributed by atoms with Gasteiger partial charge in [0.15, 0.2) is 5.82 Å². The molecule has 3 aromatic carbocycles. The van der Waals surface area contributed by atoms with Crippen molar-refractivity contribution in [2.24, 2.45) is 0 Å². The first-order valence-electron chi connectivity index (χ1n) is 11.3. The highest BCUT2D eigenvalue weighted by molar-refractivity contribution is 5.60. The first kappa shape index (κ1) is 25.1. The average Bonchev–Trinajstić information content (AvgIpc) is 3.31. The molecular weight excluding hydrogens is 473 g/mol. The summed E-state index contributed by atoms with van der Waals surface area (Å²) < 4.78 is 51.4. The molecule has 1 aromatic heterocycles. The van der Waals surface area contributed by atoms with Crippen molar-refractivity contribution >= 4 is 5.69 Å². The van der Waals surface area contributed by atoms with E-state index in [1.165, 1.54) is 16.8 Å². The Labute approximate surface area is 206 Å². The Hall–Kier alpha value is -4.05. The van der Waals surface area contributed by atoms with Gasteiger partial charge in [0.2, 0.25) is 0 Å². The Morgan fingerprint density at radius 2 is 1.64 bits per heavy atom. The minimum absolute atomic E-state index is 0.121. The Balaban J connectivity index is 1.45. The number of alkyl halides is 3. The zero-order chi connectivity index (χ0) is 25.5. The molecule has 10 heteroatoms. The van der Waals surface area contributed by atoms with Crippen molar-refractivity contribution < 1.29 is 27.8 Å². The second-order valence-corrected chi connectivity index (χ2v) is 7.84. The number of aliphatic hydroxyl groups excluding tert-OH is 1. The molecule has 0 amide bonds. The second-order valence-electron chi connectivity index (χ2n) is 7.84. The molecule has 0 saturated carbocycles. The second kappa shape index (κ2) is 11.1. The predicted octanol–water partition coefficient (Wildman–Crippen LogP) is 5.20. The summed E-state index contributed by atoms with van der Waals surface area (Å²) in [7, 11) is 0. The normalized spacial score (nSPS) is 12.2. The van der Waals surface area contributed by atoms with Crippen LogP contribution in [0.1, 0.15) is 12.5 Å². The molecule has 0 fully saturated rings. The third-order valence-corrected chi connectivity index (χ3v) is 5.17. The number of nitrogens with one attached hydrogen (secondary N) is 1. The molecule has 0 radical (unpaired) electrons. The van der Waals surface area contributed by atoms with Gasteiger partial charge in [-0.25, -0.2) is 4.68 Å². The maximum absolute atomic E-state index is 13.0. The first-order valence-corrected chi connectivity index (χ1v) is 11.3. The first-order chi connectivity index (χ1) is 17.3. The molecule has 7 nitrogen and oxygen atoms in total. The number of anilines is 1. The molecule has 0 bridgehead atoms. The summed E-state index contributed by atoms with van der Waals surface area (Å²) in [5, 5.41) is 17.7. The van der Waals surface area contributed by atoms with E-state index in [4.69, 9.17) is 9.47 Å². The van der Waals surface area contributed by atoms with Gasteiger partial charge in [0.05, 0.1) is 17.9 Å². The van der Waals surface area contributed by atoms with Gasteiger partial charge in [0, 0.05) is 17.8 Å². The topological polar surface area (TPSA) is 81.4 Å². The summed E-state index contributed by atoms with van der Waals surface area (Å²) in [4.78, 5) is 4.35. The summed E-state index contributed by atoms with van der Waals surface area (Å²) in [5.41, 5.74) is 1.12. The van der Waals surface area contributed by atoms with Crippen molar-refractivity contribution in [3.63, 3.8) is 0 Å². The summed E-state index contributed by atoms with van der Waals surface area (Å²) in [5.74, 6) is 1.03. The molecule has 0 saturated heterocycles. The lowest BCUT2D eigenvalue weighted by molar-refractivity contribution is -0.137. The zero-order valence-electron chi connectivity index (χ0n) is 19.4. The van der Waals surface area contributed by atoms with Crippen LogP contribution in [0.15, 0.2) is 78.9 Å². The van der Waals surface area contributed by atoms with Gasteiger partial charge in [-0.2, -0.15) is 18.2 Å². The van der Waals surface area contributed by atoms with Gasteiger partial charge in [0.25, 0.3) is 0 Å². The van der Waals surface area contributed by atoms with E-state index < -0.39 is 17.8 Å². The van der Waals surface area contributed by atoms with Gasteiger partial charge in [-0.05, 0) is 55.5 Å². The third kappa shape index (κ3) is 6.33. The lowest BCUT2D eigenvalue weighted by Crippen LogP contribution is -2.26.